The summed E-state index contributed by atoms with van der Waals surface area (Å²) in [6, 6.07) is 3.81. The first-order valence-corrected chi connectivity index (χ1v) is 9.86. The number of halogens is 1. The zero-order valence-corrected chi connectivity index (χ0v) is 15.1. The Labute approximate surface area is 143 Å². The SMILES string of the molecule is CNS(=O)(=O)n1cnc(S(=O)(=O)n2c(C)c(C)c3ccc(F)cc32)n1. The van der Waals surface area contributed by atoms with Crippen molar-refractivity contribution in [1.29, 1.82) is 0 Å². The minimum absolute atomic E-state index is 0.128. The zero-order chi connectivity index (χ0) is 18.6. The number of nitrogens with one attached hydrogen (secondary N) is 1. The van der Waals surface area contributed by atoms with Crippen molar-refractivity contribution < 1.29 is 21.2 Å². The van der Waals surface area contributed by atoms with Crippen LogP contribution < -0.4 is 4.72 Å². The predicted octanol–water partition coefficient (Wildman–Crippen LogP) is 0.538. The maximum atomic E-state index is 13.6. The van der Waals surface area contributed by atoms with E-state index >= 15 is 0 Å². The summed E-state index contributed by atoms with van der Waals surface area (Å²) in [5.41, 5.74) is 1.14. The molecule has 0 radical (unpaired) electrons. The topological polar surface area (TPSA) is 116 Å². The lowest BCUT2D eigenvalue weighted by Gasteiger charge is -2.07. The van der Waals surface area contributed by atoms with Gasteiger partial charge in [-0.3, -0.25) is 0 Å². The molecule has 134 valence electrons. The molecule has 12 heteroatoms. The van der Waals surface area contributed by atoms with Crippen molar-refractivity contribution in [3.63, 3.8) is 0 Å². The lowest BCUT2D eigenvalue weighted by atomic mass is 10.1. The fourth-order valence-corrected chi connectivity index (χ4v) is 4.51. The van der Waals surface area contributed by atoms with Crippen LogP contribution in [0.25, 0.3) is 10.9 Å². The average molecular weight is 387 g/mol. The van der Waals surface area contributed by atoms with Crippen LogP contribution >= 0.6 is 0 Å². The third kappa shape index (κ3) is 2.62. The predicted molar refractivity (Wildman–Crippen MR) is 87.4 cm³/mol. The van der Waals surface area contributed by atoms with Crippen LogP contribution in [0.15, 0.2) is 29.7 Å². The highest BCUT2D eigenvalue weighted by Gasteiger charge is 2.29. The average Bonchev–Trinajstić information content (AvgIpc) is 3.13. The lowest BCUT2D eigenvalue weighted by Crippen LogP contribution is -2.27. The van der Waals surface area contributed by atoms with Crippen molar-refractivity contribution in [3.05, 3.63) is 41.6 Å². The number of nitrogens with zero attached hydrogens (tertiary/aromatic N) is 4. The van der Waals surface area contributed by atoms with Crippen molar-refractivity contribution in [3.8, 4) is 0 Å². The highest BCUT2D eigenvalue weighted by molar-refractivity contribution is 7.90. The maximum Gasteiger partial charge on any atom is 0.321 e. The summed E-state index contributed by atoms with van der Waals surface area (Å²) in [6.07, 6.45) is 0.771. The summed E-state index contributed by atoms with van der Waals surface area (Å²) in [5.74, 6) is -0.599. The highest BCUT2D eigenvalue weighted by atomic mass is 32.2. The van der Waals surface area contributed by atoms with Crippen molar-refractivity contribution in [2.75, 3.05) is 7.05 Å². The van der Waals surface area contributed by atoms with Gasteiger partial charge >= 0.3 is 20.2 Å². The molecule has 2 aromatic heterocycles. The molecule has 3 aromatic rings. The second-order valence-electron chi connectivity index (χ2n) is 5.25. The van der Waals surface area contributed by atoms with Crippen LogP contribution in [0, 0.1) is 19.7 Å². The number of fused-ring (bicyclic) bond motifs is 1. The van der Waals surface area contributed by atoms with Crippen molar-refractivity contribution >= 4 is 31.1 Å². The fourth-order valence-electron chi connectivity index (χ4n) is 2.47. The summed E-state index contributed by atoms with van der Waals surface area (Å²) < 4.78 is 66.2. The molecular formula is C13H14FN5O4S2. The molecule has 0 unspecified atom stereocenters. The first-order chi connectivity index (χ1) is 11.6. The van der Waals surface area contributed by atoms with Crippen LogP contribution in [0.2, 0.25) is 0 Å². The Morgan fingerprint density at radius 2 is 1.84 bits per heavy atom. The molecule has 0 fully saturated rings. The van der Waals surface area contributed by atoms with Crippen molar-refractivity contribution in [2.24, 2.45) is 0 Å². The Hall–Kier alpha value is -2.31. The Morgan fingerprint density at radius 3 is 2.48 bits per heavy atom. The van der Waals surface area contributed by atoms with E-state index in [1.807, 2.05) is 4.72 Å². The van der Waals surface area contributed by atoms with Gasteiger partial charge in [-0.15, -0.1) is 9.19 Å². The molecular weight excluding hydrogens is 373 g/mol. The van der Waals surface area contributed by atoms with Crippen LogP contribution in [0.3, 0.4) is 0 Å². The number of rotatable bonds is 4. The van der Waals surface area contributed by atoms with Gasteiger partial charge in [0.1, 0.15) is 12.1 Å². The van der Waals surface area contributed by atoms with E-state index in [1.165, 1.54) is 12.1 Å². The zero-order valence-electron chi connectivity index (χ0n) is 13.4. The van der Waals surface area contributed by atoms with Gasteiger partial charge in [0.15, 0.2) is 0 Å². The van der Waals surface area contributed by atoms with Crippen LogP contribution in [0.5, 0.6) is 0 Å². The van der Waals surface area contributed by atoms with Gasteiger partial charge in [0.2, 0.25) is 0 Å². The molecule has 0 spiro atoms. The molecule has 2 heterocycles. The standard InChI is InChI=1S/C13H14FN5O4S2/c1-8-9(2)19(12-6-10(14)4-5-11(8)12)24(20,21)13-16-7-18(17-13)25(22,23)15-3/h4-7,15H,1-3H3. The van der Waals surface area contributed by atoms with E-state index in [0.29, 0.717) is 20.7 Å². The highest BCUT2D eigenvalue weighted by Crippen LogP contribution is 2.29. The quantitative estimate of drug-likeness (QED) is 0.698. The summed E-state index contributed by atoms with van der Waals surface area (Å²) in [4.78, 5) is 3.59. The largest absolute Gasteiger partial charge is 0.321 e. The molecule has 0 aliphatic rings. The fraction of sp³-hybridized carbons (Fsp3) is 0.231. The third-order valence-electron chi connectivity index (χ3n) is 3.86. The molecule has 9 nitrogen and oxygen atoms in total. The Kier molecular flexibility index (Phi) is 3.93. The summed E-state index contributed by atoms with van der Waals surface area (Å²) >= 11 is 0. The third-order valence-corrected chi connectivity index (χ3v) is 6.64. The van der Waals surface area contributed by atoms with Gasteiger partial charge in [0, 0.05) is 18.1 Å². The minimum atomic E-state index is -4.33. The van der Waals surface area contributed by atoms with E-state index < -0.39 is 31.2 Å². The van der Waals surface area contributed by atoms with Crippen molar-refractivity contribution in [2.45, 2.75) is 19.0 Å². The normalized spacial score (nSPS) is 12.8. The Bertz CT molecular complexity index is 1190. The maximum absolute atomic E-state index is 13.6. The summed E-state index contributed by atoms with van der Waals surface area (Å²) in [6.45, 7) is 3.27. The van der Waals surface area contributed by atoms with E-state index in [2.05, 4.69) is 10.1 Å². The molecule has 1 aromatic carbocycles. The van der Waals surface area contributed by atoms with E-state index in [1.54, 1.807) is 13.8 Å². The van der Waals surface area contributed by atoms with Gasteiger partial charge in [0.25, 0.3) is 5.16 Å². The molecule has 0 atom stereocenters. The first kappa shape index (κ1) is 17.5. The molecule has 0 aliphatic heterocycles. The molecule has 25 heavy (non-hydrogen) atoms. The Balaban J connectivity index is 2.28. The second-order valence-corrected chi connectivity index (χ2v) is 8.66. The summed E-state index contributed by atoms with van der Waals surface area (Å²) in [5, 5.41) is 3.38. The van der Waals surface area contributed by atoms with Crippen LogP contribution in [0.4, 0.5) is 4.39 Å². The van der Waals surface area contributed by atoms with Crippen LogP contribution in [0.1, 0.15) is 11.3 Å². The number of aryl methyl sites for hydroxylation is 1. The number of aromatic nitrogens is 4. The van der Waals surface area contributed by atoms with Gasteiger partial charge in [-0.05, 0) is 37.6 Å². The lowest BCUT2D eigenvalue weighted by molar-refractivity contribution is 0.566. The van der Waals surface area contributed by atoms with E-state index in [0.717, 1.165) is 23.4 Å². The monoisotopic (exact) mass is 387 g/mol. The summed E-state index contributed by atoms with van der Waals surface area (Å²) in [7, 11) is -7.19. The van der Waals surface area contributed by atoms with E-state index in [9.17, 15) is 21.2 Å². The second kappa shape index (κ2) is 5.61. The van der Waals surface area contributed by atoms with Gasteiger partial charge in [-0.2, -0.15) is 21.6 Å². The number of hydrogen-bond acceptors (Lipinski definition) is 6. The van der Waals surface area contributed by atoms with Gasteiger partial charge in [0.05, 0.1) is 5.52 Å². The van der Waals surface area contributed by atoms with E-state index in [4.69, 9.17) is 0 Å². The van der Waals surface area contributed by atoms with Crippen molar-refractivity contribution in [1.82, 2.24) is 22.9 Å². The molecule has 3 rings (SSSR count). The first-order valence-electron chi connectivity index (χ1n) is 6.98. The van der Waals surface area contributed by atoms with Gasteiger partial charge < -0.3 is 0 Å². The van der Waals surface area contributed by atoms with Gasteiger partial charge in [-0.1, -0.05) is 0 Å². The molecule has 1 N–H and O–H groups in total. The van der Waals surface area contributed by atoms with Gasteiger partial charge in [-0.25, -0.2) is 13.3 Å². The smallest absolute Gasteiger partial charge is 0.235 e. The van der Waals surface area contributed by atoms with E-state index in [-0.39, 0.29) is 5.52 Å². The number of hydrogen-bond donors (Lipinski definition) is 1. The minimum Gasteiger partial charge on any atom is -0.235 e. The van der Waals surface area contributed by atoms with Crippen LogP contribution in [-0.2, 0) is 20.2 Å². The Morgan fingerprint density at radius 1 is 1.16 bits per heavy atom. The molecule has 0 saturated heterocycles. The molecule has 0 bridgehead atoms. The molecule has 0 amide bonds. The van der Waals surface area contributed by atoms with Crippen LogP contribution in [-0.4, -0.2) is 42.0 Å². The molecule has 0 saturated carbocycles. The number of benzene rings is 1. The molecule has 0 aliphatic carbocycles.